The van der Waals surface area contributed by atoms with Gasteiger partial charge in [0.1, 0.15) is 11.5 Å². The number of nitro groups is 1. The lowest BCUT2D eigenvalue weighted by Crippen LogP contribution is -2.12. The Hall–Kier alpha value is -3.68. The lowest BCUT2D eigenvalue weighted by molar-refractivity contribution is -0.384. The molecule has 3 aromatic rings. The molecular weight excluding hydrogens is 326 g/mol. The zero-order valence-electron chi connectivity index (χ0n) is 13.1. The number of anilines is 1. The summed E-state index contributed by atoms with van der Waals surface area (Å²) in [6, 6.07) is 13.8. The maximum atomic E-state index is 12.4. The van der Waals surface area contributed by atoms with Gasteiger partial charge in [0.05, 0.1) is 16.2 Å². The molecule has 8 heteroatoms. The molecule has 2 aromatic carbocycles. The summed E-state index contributed by atoms with van der Waals surface area (Å²) in [6.07, 6.45) is 0. The van der Waals surface area contributed by atoms with Crippen molar-refractivity contribution in [1.82, 2.24) is 5.16 Å². The van der Waals surface area contributed by atoms with Crippen LogP contribution in [0, 0.1) is 17.0 Å². The van der Waals surface area contributed by atoms with Gasteiger partial charge in [-0.2, -0.15) is 0 Å². The van der Waals surface area contributed by atoms with Crippen molar-refractivity contribution in [2.24, 2.45) is 0 Å². The number of carbonyl (C=O) groups is 1. The highest BCUT2D eigenvalue weighted by Gasteiger charge is 2.15. The van der Waals surface area contributed by atoms with Gasteiger partial charge in [-0.3, -0.25) is 20.2 Å². The molecule has 25 heavy (non-hydrogen) atoms. The Kier molecular flexibility index (Phi) is 4.42. The Morgan fingerprint density at radius 3 is 2.56 bits per heavy atom. The van der Waals surface area contributed by atoms with E-state index >= 15 is 0 Å². The molecule has 0 bridgehead atoms. The maximum absolute atomic E-state index is 12.4. The predicted octanol–water partition coefficient (Wildman–Crippen LogP) is 3.94. The molecule has 0 saturated carbocycles. The van der Waals surface area contributed by atoms with Gasteiger partial charge in [0.25, 0.3) is 11.6 Å². The third-order valence-electron chi connectivity index (χ3n) is 3.27. The maximum Gasteiger partial charge on any atom is 0.269 e. The quantitative estimate of drug-likeness (QED) is 0.557. The molecule has 0 aliphatic carbocycles. The van der Waals surface area contributed by atoms with Gasteiger partial charge in [-0.05, 0) is 31.2 Å². The van der Waals surface area contributed by atoms with Crippen LogP contribution in [0.15, 0.2) is 59.1 Å². The van der Waals surface area contributed by atoms with Crippen molar-refractivity contribution in [3.63, 3.8) is 0 Å². The van der Waals surface area contributed by atoms with Crippen molar-refractivity contribution in [3.05, 3.63) is 76.0 Å². The summed E-state index contributed by atoms with van der Waals surface area (Å²) in [5, 5.41) is 17.0. The SMILES string of the molecule is Cc1cc(NC(=O)c2ccccc2Oc2ccc([N+](=O)[O-])cc2)on1. The van der Waals surface area contributed by atoms with Gasteiger partial charge >= 0.3 is 0 Å². The van der Waals surface area contributed by atoms with Crippen molar-refractivity contribution in [2.45, 2.75) is 6.92 Å². The van der Waals surface area contributed by atoms with E-state index < -0.39 is 10.8 Å². The summed E-state index contributed by atoms with van der Waals surface area (Å²) in [4.78, 5) is 22.6. The van der Waals surface area contributed by atoms with Gasteiger partial charge in [0, 0.05) is 18.2 Å². The Bertz CT molecular complexity index is 918. The number of nitrogens with zero attached hydrogens (tertiary/aromatic N) is 2. The van der Waals surface area contributed by atoms with E-state index in [-0.39, 0.29) is 17.1 Å². The second kappa shape index (κ2) is 6.83. The smallest absolute Gasteiger partial charge is 0.269 e. The predicted molar refractivity (Wildman–Crippen MR) is 88.8 cm³/mol. The van der Waals surface area contributed by atoms with Crippen LogP contribution in [0.2, 0.25) is 0 Å². The van der Waals surface area contributed by atoms with Gasteiger partial charge in [-0.15, -0.1) is 0 Å². The molecule has 1 aromatic heterocycles. The van der Waals surface area contributed by atoms with E-state index in [2.05, 4.69) is 10.5 Å². The first-order valence-electron chi connectivity index (χ1n) is 7.29. The molecule has 1 amide bonds. The van der Waals surface area contributed by atoms with Gasteiger partial charge in [-0.25, -0.2) is 0 Å². The minimum absolute atomic E-state index is 0.0425. The van der Waals surface area contributed by atoms with E-state index in [0.717, 1.165) is 0 Å². The standard InChI is InChI=1S/C17H13N3O5/c1-11-10-16(25-19-11)18-17(21)14-4-2-3-5-15(14)24-13-8-6-12(7-9-13)20(22)23/h2-10H,1H3,(H,18,21). The highest BCUT2D eigenvalue weighted by Crippen LogP contribution is 2.27. The van der Waals surface area contributed by atoms with Crippen LogP contribution in [-0.2, 0) is 0 Å². The average Bonchev–Trinajstić information content (AvgIpc) is 3.00. The molecule has 0 aliphatic rings. The number of aromatic nitrogens is 1. The van der Waals surface area contributed by atoms with Crippen LogP contribution in [0.1, 0.15) is 16.1 Å². The summed E-state index contributed by atoms with van der Waals surface area (Å²) in [5.41, 5.74) is 0.889. The van der Waals surface area contributed by atoms with Crippen LogP contribution in [0.5, 0.6) is 11.5 Å². The number of nitrogens with one attached hydrogen (secondary N) is 1. The zero-order chi connectivity index (χ0) is 17.8. The van der Waals surface area contributed by atoms with Crippen molar-refractivity contribution in [2.75, 3.05) is 5.32 Å². The summed E-state index contributed by atoms with van der Waals surface area (Å²) in [6.45, 7) is 1.74. The molecule has 3 rings (SSSR count). The number of hydrogen-bond donors (Lipinski definition) is 1. The Labute approximate surface area is 142 Å². The lowest BCUT2D eigenvalue weighted by Gasteiger charge is -2.10. The van der Waals surface area contributed by atoms with E-state index in [1.54, 1.807) is 37.3 Å². The van der Waals surface area contributed by atoms with Gasteiger partial charge in [0.2, 0.25) is 5.88 Å². The largest absolute Gasteiger partial charge is 0.457 e. The zero-order valence-corrected chi connectivity index (χ0v) is 13.1. The van der Waals surface area contributed by atoms with Crippen molar-refractivity contribution >= 4 is 17.5 Å². The van der Waals surface area contributed by atoms with Gasteiger partial charge in [0.15, 0.2) is 0 Å². The van der Waals surface area contributed by atoms with E-state index in [1.807, 2.05) is 0 Å². The molecule has 0 aliphatic heterocycles. The van der Waals surface area contributed by atoms with Crippen molar-refractivity contribution in [3.8, 4) is 11.5 Å². The molecular formula is C17H13N3O5. The Morgan fingerprint density at radius 2 is 1.92 bits per heavy atom. The monoisotopic (exact) mass is 339 g/mol. The topological polar surface area (TPSA) is 108 Å². The number of hydrogen-bond acceptors (Lipinski definition) is 6. The number of ether oxygens (including phenoxy) is 1. The summed E-state index contributed by atoms with van der Waals surface area (Å²) >= 11 is 0. The van der Waals surface area contributed by atoms with Gasteiger partial charge < -0.3 is 9.26 Å². The number of aryl methyl sites for hydroxylation is 1. The number of nitro benzene ring substituents is 1. The van der Waals surface area contributed by atoms with Crippen LogP contribution >= 0.6 is 0 Å². The minimum atomic E-state index is -0.495. The van der Waals surface area contributed by atoms with Crippen molar-refractivity contribution in [1.29, 1.82) is 0 Å². The second-order valence-corrected chi connectivity index (χ2v) is 5.14. The number of carbonyl (C=O) groups excluding carboxylic acids is 1. The highest BCUT2D eigenvalue weighted by atomic mass is 16.6. The van der Waals surface area contributed by atoms with Gasteiger partial charge in [-0.1, -0.05) is 17.3 Å². The molecule has 0 unspecified atom stereocenters. The normalized spacial score (nSPS) is 10.3. The van der Waals surface area contributed by atoms with Crippen LogP contribution in [0.4, 0.5) is 11.6 Å². The van der Waals surface area contributed by atoms with Crippen LogP contribution < -0.4 is 10.1 Å². The molecule has 1 heterocycles. The van der Waals surface area contributed by atoms with E-state index in [4.69, 9.17) is 9.26 Å². The first-order chi connectivity index (χ1) is 12.0. The number of rotatable bonds is 5. The third kappa shape index (κ3) is 3.81. The molecule has 1 N–H and O–H groups in total. The van der Waals surface area contributed by atoms with E-state index in [9.17, 15) is 14.9 Å². The molecule has 126 valence electrons. The highest BCUT2D eigenvalue weighted by molar-refractivity contribution is 6.05. The molecule has 0 fully saturated rings. The van der Waals surface area contributed by atoms with E-state index in [1.165, 1.54) is 24.3 Å². The Balaban J connectivity index is 1.80. The van der Waals surface area contributed by atoms with Crippen LogP contribution in [0.3, 0.4) is 0 Å². The number of para-hydroxylation sites is 1. The van der Waals surface area contributed by atoms with E-state index in [0.29, 0.717) is 17.2 Å². The fourth-order valence-corrected chi connectivity index (χ4v) is 2.11. The molecule has 0 saturated heterocycles. The average molecular weight is 339 g/mol. The summed E-state index contributed by atoms with van der Waals surface area (Å²) in [7, 11) is 0. The lowest BCUT2D eigenvalue weighted by atomic mass is 10.2. The first-order valence-corrected chi connectivity index (χ1v) is 7.29. The molecule has 0 spiro atoms. The number of non-ortho nitro benzene ring substituents is 1. The van der Waals surface area contributed by atoms with Crippen LogP contribution in [0.25, 0.3) is 0 Å². The minimum Gasteiger partial charge on any atom is -0.457 e. The number of amides is 1. The second-order valence-electron chi connectivity index (χ2n) is 5.14. The fourth-order valence-electron chi connectivity index (χ4n) is 2.11. The Morgan fingerprint density at radius 1 is 1.20 bits per heavy atom. The van der Waals surface area contributed by atoms with Crippen LogP contribution in [-0.4, -0.2) is 16.0 Å². The molecule has 8 nitrogen and oxygen atoms in total. The summed E-state index contributed by atoms with van der Waals surface area (Å²) in [5.74, 6) is 0.493. The third-order valence-corrected chi connectivity index (χ3v) is 3.27. The molecule has 0 radical (unpaired) electrons. The number of benzene rings is 2. The summed E-state index contributed by atoms with van der Waals surface area (Å²) < 4.78 is 10.6. The fraction of sp³-hybridized carbons (Fsp3) is 0.0588. The first kappa shape index (κ1) is 16.2. The van der Waals surface area contributed by atoms with Crippen molar-refractivity contribution < 1.29 is 19.0 Å². The molecule has 0 atom stereocenters.